The highest BCUT2D eigenvalue weighted by atomic mass is 31.2. The van der Waals surface area contributed by atoms with Crippen molar-refractivity contribution in [2.24, 2.45) is 11.8 Å². The maximum absolute atomic E-state index is 12.5. The van der Waals surface area contributed by atoms with Crippen LogP contribution in [0.15, 0.2) is 0 Å². The molecule has 3 N–H and O–H groups in total. The first-order valence-electron chi connectivity index (χ1n) is 16.7. The van der Waals surface area contributed by atoms with E-state index in [2.05, 4.69) is 32.2 Å². The van der Waals surface area contributed by atoms with Gasteiger partial charge in [0, 0.05) is 12.8 Å². The summed E-state index contributed by atoms with van der Waals surface area (Å²) in [4.78, 5) is 34.6. The highest BCUT2D eigenvalue weighted by Gasteiger charge is 2.27. The van der Waals surface area contributed by atoms with Crippen LogP contribution in [0.25, 0.3) is 0 Å². The standard InChI is InChI=1S/C32H63O10P/c1-27(2)19-15-11-7-5-6-8-14-18-22-32(36)42-30(26-41-43(37,38)40-24-29(34)23-33)25-39-31(35)21-17-13-10-9-12-16-20-28(3)4/h27-30,33-34H,5-26H2,1-4H3,(H,37,38)/t29-,30+/m0/s1. The number of hydrogen-bond donors (Lipinski definition) is 3. The summed E-state index contributed by atoms with van der Waals surface area (Å²) in [5.41, 5.74) is 0. The third kappa shape index (κ3) is 29.4. The third-order valence-electron chi connectivity index (χ3n) is 7.12. The molecule has 1 unspecified atom stereocenters. The van der Waals surface area contributed by atoms with Crippen LogP contribution >= 0.6 is 7.82 Å². The number of phosphoric acid groups is 1. The average molecular weight is 639 g/mol. The van der Waals surface area contributed by atoms with Crippen LogP contribution in [-0.2, 0) is 32.7 Å². The molecule has 0 amide bonds. The Bertz CT molecular complexity index is 731. The maximum atomic E-state index is 12.5. The Morgan fingerprint density at radius 1 is 0.628 bits per heavy atom. The van der Waals surface area contributed by atoms with Gasteiger partial charge in [0.15, 0.2) is 6.10 Å². The van der Waals surface area contributed by atoms with Crippen molar-refractivity contribution in [3.8, 4) is 0 Å². The number of ether oxygens (including phenoxy) is 2. The van der Waals surface area contributed by atoms with Gasteiger partial charge in [-0.25, -0.2) is 4.57 Å². The van der Waals surface area contributed by atoms with Gasteiger partial charge >= 0.3 is 19.8 Å². The number of rotatable bonds is 30. The number of phosphoric ester groups is 1. The maximum Gasteiger partial charge on any atom is 0.472 e. The van der Waals surface area contributed by atoms with Gasteiger partial charge in [-0.05, 0) is 24.7 Å². The summed E-state index contributed by atoms with van der Waals surface area (Å²) in [6, 6.07) is 0. The van der Waals surface area contributed by atoms with Crippen molar-refractivity contribution in [1.29, 1.82) is 0 Å². The van der Waals surface area contributed by atoms with E-state index in [1.54, 1.807) is 0 Å². The van der Waals surface area contributed by atoms with E-state index in [4.69, 9.17) is 19.1 Å². The molecule has 11 heteroatoms. The average Bonchev–Trinajstić information content (AvgIpc) is 2.95. The largest absolute Gasteiger partial charge is 0.472 e. The quantitative estimate of drug-likeness (QED) is 0.0417. The van der Waals surface area contributed by atoms with E-state index in [9.17, 15) is 24.2 Å². The second-order valence-corrected chi connectivity index (χ2v) is 14.0. The van der Waals surface area contributed by atoms with Crippen LogP contribution in [0.3, 0.4) is 0 Å². The molecule has 0 aliphatic rings. The lowest BCUT2D eigenvalue weighted by atomic mass is 10.0. The molecular weight excluding hydrogens is 575 g/mol. The molecule has 0 heterocycles. The lowest BCUT2D eigenvalue weighted by Gasteiger charge is -2.20. The predicted octanol–water partition coefficient (Wildman–Crippen LogP) is 7.26. The molecule has 0 aromatic rings. The molecule has 0 aliphatic heterocycles. The second-order valence-electron chi connectivity index (χ2n) is 12.5. The summed E-state index contributed by atoms with van der Waals surface area (Å²) in [6.45, 7) is 6.85. The minimum Gasteiger partial charge on any atom is -0.462 e. The summed E-state index contributed by atoms with van der Waals surface area (Å²) in [6.07, 6.45) is 15.5. The Hall–Kier alpha value is -1.03. The first kappa shape index (κ1) is 42.0. The molecule has 0 spiro atoms. The van der Waals surface area contributed by atoms with E-state index in [0.717, 1.165) is 50.4 Å². The molecule has 256 valence electrons. The van der Waals surface area contributed by atoms with Gasteiger partial charge in [-0.15, -0.1) is 0 Å². The fourth-order valence-electron chi connectivity index (χ4n) is 4.48. The number of unbranched alkanes of at least 4 members (excludes halogenated alkanes) is 12. The molecule has 43 heavy (non-hydrogen) atoms. The Labute approximate surface area is 261 Å². The first-order valence-corrected chi connectivity index (χ1v) is 18.2. The molecule has 10 nitrogen and oxygen atoms in total. The van der Waals surface area contributed by atoms with Gasteiger partial charge < -0.3 is 24.6 Å². The van der Waals surface area contributed by atoms with Gasteiger partial charge in [0.25, 0.3) is 0 Å². The molecule has 3 atom stereocenters. The normalized spacial score (nSPS) is 14.5. The van der Waals surface area contributed by atoms with Crippen molar-refractivity contribution in [1.82, 2.24) is 0 Å². The zero-order valence-electron chi connectivity index (χ0n) is 27.5. The van der Waals surface area contributed by atoms with E-state index < -0.39 is 51.8 Å². The number of aliphatic hydroxyl groups excluding tert-OH is 2. The molecule has 0 aromatic carbocycles. The lowest BCUT2D eigenvalue weighted by Crippen LogP contribution is -2.29. The Morgan fingerprint density at radius 3 is 1.51 bits per heavy atom. The number of hydrogen-bond acceptors (Lipinski definition) is 9. The topological polar surface area (TPSA) is 149 Å². The minimum atomic E-state index is -4.60. The number of aliphatic hydroxyl groups is 2. The Morgan fingerprint density at radius 2 is 1.05 bits per heavy atom. The van der Waals surface area contributed by atoms with Crippen LogP contribution in [0.1, 0.15) is 143 Å². The zero-order chi connectivity index (χ0) is 32.3. The second kappa shape index (κ2) is 27.3. The van der Waals surface area contributed by atoms with Crippen LogP contribution in [-0.4, -0.2) is 65.7 Å². The van der Waals surface area contributed by atoms with Gasteiger partial charge in [-0.2, -0.15) is 0 Å². The molecule has 0 saturated carbocycles. The summed E-state index contributed by atoms with van der Waals surface area (Å²) in [5, 5.41) is 18.2. The SMILES string of the molecule is CC(C)CCCCCCCCCCC(=O)O[C@H](COC(=O)CCCCCCCCC(C)C)COP(=O)(O)OC[C@@H](O)CO. The number of carbonyl (C=O) groups is 2. The van der Waals surface area contributed by atoms with Gasteiger partial charge in [-0.1, -0.05) is 118 Å². The van der Waals surface area contributed by atoms with E-state index in [0.29, 0.717) is 12.8 Å². The van der Waals surface area contributed by atoms with Crippen LogP contribution in [0.5, 0.6) is 0 Å². The van der Waals surface area contributed by atoms with Gasteiger partial charge in [0.05, 0.1) is 19.8 Å². The molecular formula is C32H63O10P. The van der Waals surface area contributed by atoms with Gasteiger partial charge in [-0.3, -0.25) is 18.6 Å². The predicted molar refractivity (Wildman–Crippen MR) is 168 cm³/mol. The highest BCUT2D eigenvalue weighted by Crippen LogP contribution is 2.43. The lowest BCUT2D eigenvalue weighted by molar-refractivity contribution is -0.161. The molecule has 0 aromatic heterocycles. The summed E-state index contributed by atoms with van der Waals surface area (Å²) in [5.74, 6) is 0.553. The van der Waals surface area contributed by atoms with Crippen molar-refractivity contribution in [3.63, 3.8) is 0 Å². The molecule has 0 rings (SSSR count). The summed E-state index contributed by atoms with van der Waals surface area (Å²) >= 11 is 0. The van der Waals surface area contributed by atoms with Crippen LogP contribution in [0.4, 0.5) is 0 Å². The fourth-order valence-corrected chi connectivity index (χ4v) is 5.27. The van der Waals surface area contributed by atoms with E-state index in [1.165, 1.54) is 51.4 Å². The van der Waals surface area contributed by atoms with Crippen molar-refractivity contribution in [2.75, 3.05) is 26.4 Å². The van der Waals surface area contributed by atoms with E-state index in [1.807, 2.05) is 0 Å². The highest BCUT2D eigenvalue weighted by molar-refractivity contribution is 7.47. The Kier molecular flexibility index (Phi) is 26.6. The van der Waals surface area contributed by atoms with Crippen molar-refractivity contribution < 1.29 is 47.8 Å². The van der Waals surface area contributed by atoms with Crippen molar-refractivity contribution >= 4 is 19.8 Å². The molecule has 0 bridgehead atoms. The third-order valence-corrected chi connectivity index (χ3v) is 8.07. The Balaban J connectivity index is 4.45. The molecule has 0 saturated heterocycles. The van der Waals surface area contributed by atoms with Crippen LogP contribution in [0.2, 0.25) is 0 Å². The van der Waals surface area contributed by atoms with Crippen molar-refractivity contribution in [3.05, 3.63) is 0 Å². The van der Waals surface area contributed by atoms with Gasteiger partial charge in [0.1, 0.15) is 12.7 Å². The fraction of sp³-hybridized carbons (Fsp3) is 0.938. The zero-order valence-corrected chi connectivity index (χ0v) is 28.4. The molecule has 0 fully saturated rings. The van der Waals surface area contributed by atoms with E-state index in [-0.39, 0.29) is 19.4 Å². The van der Waals surface area contributed by atoms with Crippen molar-refractivity contribution in [2.45, 2.75) is 155 Å². The van der Waals surface area contributed by atoms with Crippen LogP contribution in [0, 0.1) is 11.8 Å². The number of esters is 2. The molecule has 0 aliphatic carbocycles. The first-order chi connectivity index (χ1) is 20.4. The van der Waals surface area contributed by atoms with E-state index >= 15 is 0 Å². The minimum absolute atomic E-state index is 0.186. The van der Waals surface area contributed by atoms with Gasteiger partial charge in [0.2, 0.25) is 0 Å². The number of carbonyl (C=O) groups excluding carboxylic acids is 2. The summed E-state index contributed by atoms with van der Waals surface area (Å²) < 4.78 is 32.4. The smallest absolute Gasteiger partial charge is 0.462 e. The van der Waals surface area contributed by atoms with Crippen LogP contribution < -0.4 is 0 Å². The summed E-state index contributed by atoms with van der Waals surface area (Å²) in [7, 11) is -4.60. The molecule has 0 radical (unpaired) electrons. The monoisotopic (exact) mass is 638 g/mol.